The normalized spacial score (nSPS) is 20.0. The van der Waals surface area contributed by atoms with Gasteiger partial charge in [0.2, 0.25) is 5.91 Å². The molecule has 5 rings (SSSR count). The van der Waals surface area contributed by atoms with Gasteiger partial charge >= 0.3 is 5.97 Å². The van der Waals surface area contributed by atoms with E-state index >= 15 is 0 Å². The number of esters is 1. The molecule has 2 aliphatic heterocycles. The van der Waals surface area contributed by atoms with Crippen LogP contribution in [0.5, 0.6) is 17.2 Å². The largest absolute Gasteiger partial charge is 0.497 e. The SMILES string of the molecule is COc1ccc(N2C(=O)CCC(C(=O)OCCN3CCN(C(C)c4ccc(Br)cc4)CC3)C2c2ccc(OC)c(OC)c2)cc1. The van der Waals surface area contributed by atoms with Crippen molar-refractivity contribution in [2.45, 2.75) is 31.8 Å². The zero-order chi connectivity index (χ0) is 31.9. The summed E-state index contributed by atoms with van der Waals surface area (Å²) >= 11 is 3.52. The van der Waals surface area contributed by atoms with E-state index in [9.17, 15) is 9.59 Å². The summed E-state index contributed by atoms with van der Waals surface area (Å²) in [5.74, 6) is 0.882. The highest BCUT2D eigenvalue weighted by Crippen LogP contribution is 2.43. The van der Waals surface area contributed by atoms with Gasteiger partial charge < -0.3 is 23.8 Å². The molecule has 0 saturated carbocycles. The predicted molar refractivity (Wildman–Crippen MR) is 177 cm³/mol. The van der Waals surface area contributed by atoms with Gasteiger partial charge in [0.1, 0.15) is 12.4 Å². The molecular formula is C35H42BrN3O6. The molecule has 0 aliphatic carbocycles. The average molecular weight is 681 g/mol. The Balaban J connectivity index is 1.26. The first-order chi connectivity index (χ1) is 21.8. The first-order valence-corrected chi connectivity index (χ1v) is 16.2. The Morgan fingerprint density at radius 1 is 0.889 bits per heavy atom. The highest BCUT2D eigenvalue weighted by atomic mass is 79.9. The molecule has 0 radical (unpaired) electrons. The Hall–Kier alpha value is -3.60. The van der Waals surface area contributed by atoms with Crippen LogP contribution in [0.25, 0.3) is 0 Å². The van der Waals surface area contributed by atoms with Gasteiger partial charge in [-0.2, -0.15) is 0 Å². The highest BCUT2D eigenvalue weighted by Gasteiger charge is 2.42. The first-order valence-electron chi connectivity index (χ1n) is 15.4. The van der Waals surface area contributed by atoms with E-state index in [1.54, 1.807) is 32.3 Å². The molecule has 3 atom stereocenters. The van der Waals surface area contributed by atoms with Crippen molar-refractivity contribution in [2.75, 3.05) is 65.6 Å². The van der Waals surface area contributed by atoms with Gasteiger partial charge in [0.05, 0.1) is 33.3 Å². The number of carbonyl (C=O) groups excluding carboxylic acids is 2. The molecule has 0 spiro atoms. The van der Waals surface area contributed by atoms with Crippen molar-refractivity contribution in [3.8, 4) is 17.2 Å². The van der Waals surface area contributed by atoms with Crippen LogP contribution in [0, 0.1) is 5.92 Å². The van der Waals surface area contributed by atoms with Gasteiger partial charge in [0.25, 0.3) is 0 Å². The Labute approximate surface area is 274 Å². The lowest BCUT2D eigenvalue weighted by atomic mass is 9.83. The number of piperazine rings is 1. The fourth-order valence-corrected chi connectivity index (χ4v) is 6.58. The number of carbonyl (C=O) groups is 2. The second-order valence-corrected chi connectivity index (χ2v) is 12.4. The van der Waals surface area contributed by atoms with E-state index in [0.29, 0.717) is 48.6 Å². The number of halogens is 1. The average Bonchev–Trinajstić information content (AvgIpc) is 3.08. The molecule has 0 N–H and O–H groups in total. The van der Waals surface area contributed by atoms with E-state index in [2.05, 4.69) is 56.9 Å². The topological polar surface area (TPSA) is 80.8 Å². The van der Waals surface area contributed by atoms with Gasteiger partial charge in [-0.1, -0.05) is 34.1 Å². The monoisotopic (exact) mass is 679 g/mol. The molecule has 2 saturated heterocycles. The van der Waals surface area contributed by atoms with Crippen LogP contribution in [0.15, 0.2) is 71.2 Å². The third-order valence-corrected chi connectivity index (χ3v) is 9.49. The second-order valence-electron chi connectivity index (χ2n) is 11.4. The van der Waals surface area contributed by atoms with Crippen molar-refractivity contribution in [3.63, 3.8) is 0 Å². The van der Waals surface area contributed by atoms with Crippen molar-refractivity contribution in [1.82, 2.24) is 9.80 Å². The van der Waals surface area contributed by atoms with E-state index < -0.39 is 12.0 Å². The van der Waals surface area contributed by atoms with Gasteiger partial charge in [-0.3, -0.25) is 19.4 Å². The molecule has 0 aromatic heterocycles. The smallest absolute Gasteiger partial charge is 0.311 e. The molecular weight excluding hydrogens is 638 g/mol. The van der Waals surface area contributed by atoms with Crippen LogP contribution in [0.3, 0.4) is 0 Å². The lowest BCUT2D eigenvalue weighted by molar-refractivity contribution is -0.151. The first kappa shape index (κ1) is 32.8. The maximum atomic E-state index is 13.7. The zero-order valence-corrected chi connectivity index (χ0v) is 28.0. The summed E-state index contributed by atoms with van der Waals surface area (Å²) in [5.41, 5.74) is 2.77. The van der Waals surface area contributed by atoms with E-state index in [1.165, 1.54) is 5.56 Å². The van der Waals surface area contributed by atoms with Gasteiger partial charge in [-0.05, 0) is 73.0 Å². The van der Waals surface area contributed by atoms with Crippen LogP contribution in [0.4, 0.5) is 5.69 Å². The maximum Gasteiger partial charge on any atom is 0.311 e. The summed E-state index contributed by atoms with van der Waals surface area (Å²) in [6.07, 6.45) is 0.643. The van der Waals surface area contributed by atoms with Crippen molar-refractivity contribution in [1.29, 1.82) is 0 Å². The van der Waals surface area contributed by atoms with Gasteiger partial charge in [0, 0.05) is 55.3 Å². The minimum atomic E-state index is -0.574. The number of nitrogens with zero attached hydrogens (tertiary/aromatic N) is 3. The summed E-state index contributed by atoms with van der Waals surface area (Å²) in [7, 11) is 4.75. The third-order valence-electron chi connectivity index (χ3n) is 8.96. The summed E-state index contributed by atoms with van der Waals surface area (Å²) in [4.78, 5) is 33.7. The zero-order valence-electron chi connectivity index (χ0n) is 26.4. The van der Waals surface area contributed by atoms with Crippen LogP contribution in [-0.2, 0) is 14.3 Å². The molecule has 9 nitrogen and oxygen atoms in total. The lowest BCUT2D eigenvalue weighted by Gasteiger charge is -2.41. The number of amides is 1. The van der Waals surface area contributed by atoms with Crippen molar-refractivity contribution < 1.29 is 28.5 Å². The third kappa shape index (κ3) is 7.62. The quantitative estimate of drug-likeness (QED) is 0.233. The standard InChI is InChI=1S/C35H42BrN3O6/c1-24(25-5-8-27(36)9-6-25)38-19-17-37(18-20-38)21-22-45-35(41)30-14-16-33(40)39(28-10-12-29(42-2)13-11-28)34(30)26-7-15-31(43-3)32(23-26)44-4/h5-13,15,23-24,30,34H,14,16-22H2,1-4H3. The molecule has 45 heavy (non-hydrogen) atoms. The van der Waals surface area contributed by atoms with E-state index in [-0.39, 0.29) is 18.3 Å². The molecule has 3 aromatic carbocycles. The van der Waals surface area contributed by atoms with Crippen molar-refractivity contribution in [2.24, 2.45) is 5.92 Å². The van der Waals surface area contributed by atoms with Crippen molar-refractivity contribution in [3.05, 3.63) is 82.3 Å². The number of hydrogen-bond acceptors (Lipinski definition) is 8. The van der Waals surface area contributed by atoms with E-state index in [4.69, 9.17) is 18.9 Å². The minimum absolute atomic E-state index is 0.0563. The number of rotatable bonds is 11. The summed E-state index contributed by atoms with van der Waals surface area (Å²) < 4.78 is 23.4. The fraction of sp³-hybridized carbons (Fsp3) is 0.429. The number of benzene rings is 3. The second kappa shape index (κ2) is 15.1. The Morgan fingerprint density at radius 3 is 2.22 bits per heavy atom. The molecule has 240 valence electrons. The minimum Gasteiger partial charge on any atom is -0.497 e. The number of methoxy groups -OCH3 is 3. The number of anilines is 1. The van der Waals surface area contributed by atoms with E-state index in [0.717, 1.165) is 36.2 Å². The number of piperidine rings is 1. The molecule has 2 aliphatic rings. The molecule has 3 aromatic rings. The molecule has 1 amide bonds. The van der Waals surface area contributed by atoms with Crippen LogP contribution in [0.1, 0.15) is 43.0 Å². The van der Waals surface area contributed by atoms with Crippen LogP contribution < -0.4 is 19.1 Å². The Bertz CT molecular complexity index is 1440. The maximum absolute atomic E-state index is 13.7. The van der Waals surface area contributed by atoms with Crippen LogP contribution in [0.2, 0.25) is 0 Å². The molecule has 10 heteroatoms. The van der Waals surface area contributed by atoms with Gasteiger partial charge in [-0.25, -0.2) is 0 Å². The van der Waals surface area contributed by atoms with Gasteiger partial charge in [0.15, 0.2) is 11.5 Å². The predicted octanol–water partition coefficient (Wildman–Crippen LogP) is 5.88. The van der Waals surface area contributed by atoms with E-state index in [1.807, 2.05) is 36.4 Å². The lowest BCUT2D eigenvalue weighted by Crippen LogP contribution is -2.48. The molecule has 0 bridgehead atoms. The summed E-state index contributed by atoms with van der Waals surface area (Å²) in [5, 5.41) is 0. The summed E-state index contributed by atoms with van der Waals surface area (Å²) in [6.45, 7) is 6.95. The Morgan fingerprint density at radius 2 is 1.58 bits per heavy atom. The van der Waals surface area contributed by atoms with Crippen LogP contribution in [-0.4, -0.2) is 82.3 Å². The van der Waals surface area contributed by atoms with Gasteiger partial charge in [-0.15, -0.1) is 0 Å². The molecule has 2 heterocycles. The highest BCUT2D eigenvalue weighted by molar-refractivity contribution is 9.10. The molecule has 3 unspecified atom stereocenters. The fourth-order valence-electron chi connectivity index (χ4n) is 6.31. The molecule has 2 fully saturated rings. The Kier molecular flexibility index (Phi) is 11.0. The van der Waals surface area contributed by atoms with Crippen molar-refractivity contribution >= 4 is 33.5 Å². The number of hydrogen-bond donors (Lipinski definition) is 0. The number of ether oxygens (including phenoxy) is 4. The summed E-state index contributed by atoms with van der Waals surface area (Å²) in [6, 6.07) is 21.1. The van der Waals surface area contributed by atoms with Crippen LogP contribution >= 0.6 is 15.9 Å².